The van der Waals surface area contributed by atoms with Gasteiger partial charge in [0.2, 0.25) is 5.91 Å². The summed E-state index contributed by atoms with van der Waals surface area (Å²) < 4.78 is 5.02. The van der Waals surface area contributed by atoms with E-state index < -0.39 is 29.2 Å². The molecule has 25 heavy (non-hydrogen) atoms. The molecule has 9 heteroatoms. The van der Waals surface area contributed by atoms with E-state index >= 15 is 0 Å². The van der Waals surface area contributed by atoms with E-state index in [1.807, 2.05) is 0 Å². The van der Waals surface area contributed by atoms with Crippen LogP contribution in [0.1, 0.15) is 40.5 Å². The van der Waals surface area contributed by atoms with Gasteiger partial charge in [0, 0.05) is 5.75 Å². The van der Waals surface area contributed by atoms with Crippen molar-refractivity contribution < 1.29 is 24.2 Å². The van der Waals surface area contributed by atoms with Crippen LogP contribution in [0.15, 0.2) is 0 Å². The first-order valence-electron chi connectivity index (χ1n) is 7.99. The lowest BCUT2D eigenvalue weighted by atomic mass is 9.98. The summed E-state index contributed by atoms with van der Waals surface area (Å²) in [5.41, 5.74) is -1.61. The number of rotatable bonds is 8. The molecule has 2 unspecified atom stereocenters. The van der Waals surface area contributed by atoms with Gasteiger partial charge in [0.05, 0.1) is 11.8 Å². The van der Waals surface area contributed by atoms with Crippen molar-refractivity contribution in [2.24, 2.45) is 5.92 Å². The monoisotopic (exact) mass is 371 g/mol. The predicted octanol–water partition coefficient (Wildman–Crippen LogP) is 1.51. The molecule has 0 bridgehead atoms. The van der Waals surface area contributed by atoms with Gasteiger partial charge in [-0.15, -0.1) is 11.8 Å². The number of carboxylic acid groups (broad SMARTS) is 1. The first-order valence-corrected chi connectivity index (χ1v) is 9.14. The third-order valence-electron chi connectivity index (χ3n) is 3.53. The molecule has 0 spiro atoms. The number of hydrogen-bond donors (Lipinski definition) is 3. The van der Waals surface area contributed by atoms with Gasteiger partial charge in [-0.1, -0.05) is 0 Å². The fourth-order valence-corrected chi connectivity index (χ4v) is 2.94. The summed E-state index contributed by atoms with van der Waals surface area (Å²) in [5.74, 6) is -1.36. The van der Waals surface area contributed by atoms with Crippen LogP contribution in [0.2, 0.25) is 0 Å². The van der Waals surface area contributed by atoms with E-state index in [9.17, 15) is 19.6 Å². The molecule has 1 rings (SSSR count). The zero-order chi connectivity index (χ0) is 19.3. The lowest BCUT2D eigenvalue weighted by Gasteiger charge is -2.23. The largest absolute Gasteiger partial charge is 0.480 e. The molecule has 2 atom stereocenters. The Morgan fingerprint density at radius 2 is 1.92 bits per heavy atom. The van der Waals surface area contributed by atoms with Crippen molar-refractivity contribution in [1.82, 2.24) is 10.6 Å². The van der Waals surface area contributed by atoms with Gasteiger partial charge in [-0.25, -0.2) is 9.59 Å². The number of aliphatic carboxylic acids is 1. The maximum absolute atomic E-state index is 12.0. The fourth-order valence-electron chi connectivity index (χ4n) is 2.10. The lowest BCUT2D eigenvalue weighted by Crippen LogP contribution is -2.48. The standard InChI is InChI=1S/C16H25N3O5S/c1-15(2,3)24-14(23)18-11(13(21)22)7-25-8-12(20)19-16(4,9-17)10-5-6-10/h10-11H,5-8H2,1-4H3,(H,18,23)(H,19,20)(H,21,22). The Kier molecular flexibility index (Phi) is 7.11. The number of hydrogen-bond acceptors (Lipinski definition) is 6. The van der Waals surface area contributed by atoms with Crippen LogP contribution in [0.25, 0.3) is 0 Å². The van der Waals surface area contributed by atoms with Crippen molar-refractivity contribution in [2.45, 2.75) is 57.7 Å². The molecule has 0 saturated heterocycles. The Morgan fingerprint density at radius 1 is 1.32 bits per heavy atom. The number of nitrogens with one attached hydrogen (secondary N) is 2. The molecule has 2 amide bonds. The number of carbonyl (C=O) groups excluding carboxylic acids is 2. The summed E-state index contributed by atoms with van der Waals surface area (Å²) in [6.45, 7) is 6.71. The molecule has 8 nitrogen and oxygen atoms in total. The molecule has 3 N–H and O–H groups in total. The molecule has 1 saturated carbocycles. The maximum Gasteiger partial charge on any atom is 0.408 e. The highest BCUT2D eigenvalue weighted by Crippen LogP contribution is 2.39. The van der Waals surface area contributed by atoms with E-state index in [1.165, 1.54) is 0 Å². The molecule has 1 fully saturated rings. The summed E-state index contributed by atoms with van der Waals surface area (Å²) in [7, 11) is 0. The van der Waals surface area contributed by atoms with Crippen molar-refractivity contribution in [1.29, 1.82) is 5.26 Å². The third-order valence-corrected chi connectivity index (χ3v) is 4.57. The minimum absolute atomic E-state index is 0.00374. The van der Waals surface area contributed by atoms with Crippen LogP contribution < -0.4 is 10.6 Å². The normalized spacial score (nSPS) is 17.6. The van der Waals surface area contributed by atoms with Crippen LogP contribution in [0, 0.1) is 17.2 Å². The van der Waals surface area contributed by atoms with Crippen LogP contribution in [0.5, 0.6) is 0 Å². The zero-order valence-corrected chi connectivity index (χ0v) is 15.7. The second-order valence-corrected chi connectivity index (χ2v) is 8.22. The molecular formula is C16H25N3O5S. The van der Waals surface area contributed by atoms with Gasteiger partial charge in [-0.3, -0.25) is 4.79 Å². The first-order chi connectivity index (χ1) is 11.5. The second-order valence-electron chi connectivity index (χ2n) is 7.19. The molecule has 0 heterocycles. The topological polar surface area (TPSA) is 129 Å². The number of carbonyl (C=O) groups is 3. The van der Waals surface area contributed by atoms with Gasteiger partial charge < -0.3 is 20.5 Å². The van der Waals surface area contributed by atoms with Gasteiger partial charge in [0.1, 0.15) is 17.2 Å². The predicted molar refractivity (Wildman–Crippen MR) is 93.0 cm³/mol. The number of nitrogens with zero attached hydrogens (tertiary/aromatic N) is 1. The van der Waals surface area contributed by atoms with Crippen molar-refractivity contribution >= 4 is 29.7 Å². The van der Waals surface area contributed by atoms with E-state index in [-0.39, 0.29) is 23.3 Å². The Morgan fingerprint density at radius 3 is 2.36 bits per heavy atom. The molecule has 1 aliphatic carbocycles. The highest BCUT2D eigenvalue weighted by atomic mass is 32.2. The summed E-state index contributed by atoms with van der Waals surface area (Å²) in [6, 6.07) is 0.960. The highest BCUT2D eigenvalue weighted by Gasteiger charge is 2.42. The summed E-state index contributed by atoms with van der Waals surface area (Å²) >= 11 is 1.07. The first kappa shape index (κ1) is 21.1. The minimum Gasteiger partial charge on any atom is -0.480 e. The van der Waals surface area contributed by atoms with Crippen LogP contribution >= 0.6 is 11.8 Å². The van der Waals surface area contributed by atoms with E-state index in [0.29, 0.717) is 0 Å². The Balaban J connectivity index is 2.42. The maximum atomic E-state index is 12.0. The van der Waals surface area contributed by atoms with Gasteiger partial charge in [0.15, 0.2) is 0 Å². The van der Waals surface area contributed by atoms with Gasteiger partial charge >= 0.3 is 12.1 Å². The Hall–Kier alpha value is -1.95. The van der Waals surface area contributed by atoms with Crippen molar-refractivity contribution in [3.8, 4) is 6.07 Å². The molecule has 0 aromatic rings. The van der Waals surface area contributed by atoms with Crippen molar-refractivity contribution in [3.05, 3.63) is 0 Å². The molecule has 0 radical (unpaired) electrons. The number of amides is 2. The number of nitriles is 1. The number of alkyl carbamates (subject to hydrolysis) is 1. The van der Waals surface area contributed by atoms with Crippen LogP contribution in [-0.2, 0) is 14.3 Å². The molecule has 140 valence electrons. The SMILES string of the molecule is CC(C)(C)OC(=O)NC(CSCC(=O)NC(C)(C#N)C1CC1)C(=O)O. The number of ether oxygens (including phenoxy) is 1. The number of thioether (sulfide) groups is 1. The second kappa shape index (κ2) is 8.43. The van der Waals surface area contributed by atoms with Crippen LogP contribution in [-0.4, -0.2) is 51.8 Å². The molecule has 0 aromatic carbocycles. The summed E-state index contributed by atoms with van der Waals surface area (Å²) in [5, 5.41) is 23.3. The van der Waals surface area contributed by atoms with Gasteiger partial charge in [0.25, 0.3) is 0 Å². The molecule has 0 aromatic heterocycles. The molecular weight excluding hydrogens is 346 g/mol. The van der Waals surface area contributed by atoms with Gasteiger partial charge in [-0.2, -0.15) is 5.26 Å². The highest BCUT2D eigenvalue weighted by molar-refractivity contribution is 8.00. The van der Waals surface area contributed by atoms with Crippen molar-refractivity contribution in [2.75, 3.05) is 11.5 Å². The third kappa shape index (κ3) is 7.65. The zero-order valence-electron chi connectivity index (χ0n) is 14.9. The van der Waals surface area contributed by atoms with Crippen LogP contribution in [0.4, 0.5) is 4.79 Å². The molecule has 1 aliphatic rings. The van der Waals surface area contributed by atoms with E-state index in [1.54, 1.807) is 27.7 Å². The quantitative estimate of drug-likeness (QED) is 0.590. The summed E-state index contributed by atoms with van der Waals surface area (Å²) in [6.07, 6.45) is 1.01. The lowest BCUT2D eigenvalue weighted by molar-refractivity contribution is -0.138. The average Bonchev–Trinajstić information content (AvgIpc) is 3.28. The van der Waals surface area contributed by atoms with E-state index in [4.69, 9.17) is 9.84 Å². The van der Waals surface area contributed by atoms with Crippen molar-refractivity contribution in [3.63, 3.8) is 0 Å². The smallest absolute Gasteiger partial charge is 0.408 e. The Labute approximate surface area is 151 Å². The Bertz CT molecular complexity index is 565. The fraction of sp³-hybridized carbons (Fsp3) is 0.750. The van der Waals surface area contributed by atoms with Crippen LogP contribution in [0.3, 0.4) is 0 Å². The number of carboxylic acids is 1. The average molecular weight is 371 g/mol. The molecule has 0 aliphatic heterocycles. The van der Waals surface area contributed by atoms with Gasteiger partial charge in [-0.05, 0) is 46.5 Å². The van der Waals surface area contributed by atoms with E-state index in [0.717, 1.165) is 24.6 Å². The van der Waals surface area contributed by atoms with E-state index in [2.05, 4.69) is 16.7 Å². The minimum atomic E-state index is -1.21. The summed E-state index contributed by atoms with van der Waals surface area (Å²) in [4.78, 5) is 34.8.